The van der Waals surface area contributed by atoms with Crippen molar-refractivity contribution < 1.29 is 4.79 Å². The fourth-order valence-corrected chi connectivity index (χ4v) is 1.78. The van der Waals surface area contributed by atoms with Crippen LogP contribution < -0.4 is 11.1 Å². The lowest BCUT2D eigenvalue weighted by atomic mass is 10.0. The Morgan fingerprint density at radius 3 is 2.80 bits per heavy atom. The molecular formula is C16H23N3O. The van der Waals surface area contributed by atoms with Gasteiger partial charge in [0.2, 0.25) is 0 Å². The summed E-state index contributed by atoms with van der Waals surface area (Å²) in [6.45, 7) is 6.62. The minimum Gasteiger partial charge on any atom is -0.348 e. The van der Waals surface area contributed by atoms with Crippen LogP contribution in [0.5, 0.6) is 0 Å². The molecule has 0 aliphatic carbocycles. The second kappa shape index (κ2) is 8.34. The summed E-state index contributed by atoms with van der Waals surface area (Å²) in [7, 11) is 0. The predicted molar refractivity (Wildman–Crippen MR) is 81.2 cm³/mol. The van der Waals surface area contributed by atoms with E-state index in [0.717, 1.165) is 12.8 Å². The normalized spacial score (nSPS) is 11.7. The topological polar surface area (TPSA) is 68.0 Å². The van der Waals surface area contributed by atoms with Gasteiger partial charge in [-0.15, -0.1) is 0 Å². The van der Waals surface area contributed by atoms with Crippen LogP contribution in [0.1, 0.15) is 49.7 Å². The zero-order valence-corrected chi connectivity index (χ0v) is 12.4. The van der Waals surface area contributed by atoms with E-state index in [1.807, 2.05) is 6.92 Å². The Labute approximate surface area is 121 Å². The molecule has 20 heavy (non-hydrogen) atoms. The van der Waals surface area contributed by atoms with Gasteiger partial charge in [0.05, 0.1) is 12.1 Å². The van der Waals surface area contributed by atoms with Crippen LogP contribution in [0.2, 0.25) is 0 Å². The van der Waals surface area contributed by atoms with E-state index < -0.39 is 0 Å². The zero-order valence-electron chi connectivity index (χ0n) is 12.4. The van der Waals surface area contributed by atoms with Crippen molar-refractivity contribution in [1.82, 2.24) is 10.3 Å². The van der Waals surface area contributed by atoms with Crippen molar-refractivity contribution in [1.29, 1.82) is 0 Å². The molecule has 1 atom stereocenters. The fourth-order valence-electron chi connectivity index (χ4n) is 1.78. The first-order valence-corrected chi connectivity index (χ1v) is 6.99. The fraction of sp³-hybridized carbons (Fsp3) is 0.500. The van der Waals surface area contributed by atoms with Gasteiger partial charge in [-0.2, -0.15) is 0 Å². The van der Waals surface area contributed by atoms with Gasteiger partial charge in [0, 0.05) is 12.2 Å². The molecule has 3 N–H and O–H groups in total. The average Bonchev–Trinajstić information content (AvgIpc) is 2.43. The summed E-state index contributed by atoms with van der Waals surface area (Å²) in [6.07, 6.45) is 3.64. The Morgan fingerprint density at radius 2 is 2.15 bits per heavy atom. The summed E-state index contributed by atoms with van der Waals surface area (Å²) in [6, 6.07) is 3.67. The highest BCUT2D eigenvalue weighted by molar-refractivity contribution is 5.94. The Balaban J connectivity index is 2.72. The molecule has 0 saturated heterocycles. The van der Waals surface area contributed by atoms with Crippen molar-refractivity contribution in [2.75, 3.05) is 6.54 Å². The van der Waals surface area contributed by atoms with E-state index in [9.17, 15) is 4.79 Å². The second-order valence-corrected chi connectivity index (χ2v) is 5.25. The molecule has 1 heterocycles. The lowest BCUT2D eigenvalue weighted by Gasteiger charge is -2.15. The van der Waals surface area contributed by atoms with Gasteiger partial charge in [-0.3, -0.25) is 4.79 Å². The van der Waals surface area contributed by atoms with E-state index >= 15 is 0 Å². The minimum atomic E-state index is -0.178. The summed E-state index contributed by atoms with van der Waals surface area (Å²) in [5, 5.41) is 2.97. The molecule has 1 aromatic heterocycles. The van der Waals surface area contributed by atoms with Crippen LogP contribution in [0.4, 0.5) is 0 Å². The van der Waals surface area contributed by atoms with Crippen molar-refractivity contribution in [2.24, 2.45) is 11.7 Å². The van der Waals surface area contributed by atoms with E-state index in [1.165, 1.54) is 0 Å². The molecule has 1 unspecified atom stereocenters. The Kier molecular flexibility index (Phi) is 6.75. The zero-order chi connectivity index (χ0) is 15.0. The Morgan fingerprint density at radius 1 is 1.40 bits per heavy atom. The lowest BCUT2D eigenvalue weighted by molar-refractivity contribution is 0.0932. The highest BCUT2D eigenvalue weighted by Gasteiger charge is 2.14. The van der Waals surface area contributed by atoms with Gasteiger partial charge in [-0.05, 0) is 37.8 Å². The van der Waals surface area contributed by atoms with Gasteiger partial charge in [-0.25, -0.2) is 4.98 Å². The largest absolute Gasteiger partial charge is 0.348 e. The van der Waals surface area contributed by atoms with E-state index in [1.54, 1.807) is 18.3 Å². The van der Waals surface area contributed by atoms with Gasteiger partial charge < -0.3 is 11.1 Å². The van der Waals surface area contributed by atoms with Crippen molar-refractivity contribution in [3.05, 3.63) is 29.6 Å². The number of amides is 1. The number of nitrogens with one attached hydrogen (secondary N) is 1. The molecule has 1 rings (SSSR count). The lowest BCUT2D eigenvalue weighted by Crippen LogP contribution is -2.33. The molecule has 0 fully saturated rings. The highest BCUT2D eigenvalue weighted by atomic mass is 16.1. The van der Waals surface area contributed by atoms with Crippen molar-refractivity contribution in [3.8, 4) is 11.8 Å². The van der Waals surface area contributed by atoms with Crippen LogP contribution in [0.25, 0.3) is 0 Å². The molecule has 1 aromatic rings. The first kappa shape index (κ1) is 16.2. The van der Waals surface area contributed by atoms with Crippen molar-refractivity contribution in [3.63, 3.8) is 0 Å². The molecule has 0 bridgehead atoms. The SMILES string of the molecule is CC(C)CCC(C)NC(=O)c1ncccc1C#CCN. The number of aromatic nitrogens is 1. The first-order valence-electron chi connectivity index (χ1n) is 6.99. The molecule has 0 aliphatic heterocycles. The molecule has 108 valence electrons. The van der Waals surface area contributed by atoms with E-state index in [4.69, 9.17) is 5.73 Å². The molecule has 4 heteroatoms. The quantitative estimate of drug-likeness (QED) is 0.806. The van der Waals surface area contributed by atoms with E-state index in [-0.39, 0.29) is 18.5 Å². The number of nitrogens with zero attached hydrogens (tertiary/aromatic N) is 1. The first-order chi connectivity index (χ1) is 9.54. The van der Waals surface area contributed by atoms with Crippen LogP contribution in [0.3, 0.4) is 0 Å². The third-order valence-electron chi connectivity index (χ3n) is 2.90. The highest BCUT2D eigenvalue weighted by Crippen LogP contribution is 2.08. The number of carbonyl (C=O) groups is 1. The maximum atomic E-state index is 12.2. The molecule has 4 nitrogen and oxygen atoms in total. The molecular weight excluding hydrogens is 250 g/mol. The smallest absolute Gasteiger partial charge is 0.271 e. The third-order valence-corrected chi connectivity index (χ3v) is 2.90. The monoisotopic (exact) mass is 273 g/mol. The number of nitrogens with two attached hydrogens (primary N) is 1. The minimum absolute atomic E-state index is 0.127. The standard InChI is InChI=1S/C16H23N3O/c1-12(2)8-9-13(3)19-16(20)15-14(6-4-10-17)7-5-11-18-15/h5,7,11-13H,8-10,17H2,1-3H3,(H,19,20). The van der Waals surface area contributed by atoms with Crippen LogP contribution in [0.15, 0.2) is 18.3 Å². The number of carbonyl (C=O) groups excluding carboxylic acids is 1. The summed E-state index contributed by atoms with van der Waals surface area (Å²) < 4.78 is 0. The van der Waals surface area contributed by atoms with Gasteiger partial charge >= 0.3 is 0 Å². The van der Waals surface area contributed by atoms with Crippen LogP contribution in [0, 0.1) is 17.8 Å². The maximum absolute atomic E-state index is 12.2. The van der Waals surface area contributed by atoms with Crippen molar-refractivity contribution in [2.45, 2.75) is 39.7 Å². The summed E-state index contributed by atoms with van der Waals surface area (Å²) in [5.41, 5.74) is 6.34. The maximum Gasteiger partial charge on any atom is 0.271 e. The van der Waals surface area contributed by atoms with Crippen molar-refractivity contribution >= 4 is 5.91 Å². The number of rotatable bonds is 5. The Bertz CT molecular complexity index is 500. The molecule has 0 aromatic carbocycles. The molecule has 0 spiro atoms. The van der Waals surface area contributed by atoms with Crippen LogP contribution >= 0.6 is 0 Å². The summed E-state index contributed by atoms with van der Waals surface area (Å²) >= 11 is 0. The molecule has 1 amide bonds. The number of hydrogen-bond donors (Lipinski definition) is 2. The van der Waals surface area contributed by atoms with Gasteiger partial charge in [0.1, 0.15) is 5.69 Å². The number of hydrogen-bond acceptors (Lipinski definition) is 3. The predicted octanol–water partition coefficient (Wildman–Crippen LogP) is 1.95. The molecule has 0 radical (unpaired) electrons. The molecule has 0 saturated carbocycles. The summed E-state index contributed by atoms with van der Waals surface area (Å²) in [4.78, 5) is 16.3. The van der Waals surface area contributed by atoms with Crippen LogP contribution in [-0.4, -0.2) is 23.5 Å². The number of pyridine rings is 1. The van der Waals surface area contributed by atoms with E-state index in [0.29, 0.717) is 17.2 Å². The second-order valence-electron chi connectivity index (χ2n) is 5.25. The van der Waals surface area contributed by atoms with Crippen LogP contribution in [-0.2, 0) is 0 Å². The third kappa shape index (κ3) is 5.41. The Hall–Kier alpha value is -1.86. The average molecular weight is 273 g/mol. The van der Waals surface area contributed by atoms with Gasteiger partial charge in [0.25, 0.3) is 5.91 Å². The molecule has 0 aliphatic rings. The summed E-state index contributed by atoms with van der Waals surface area (Å²) in [5.74, 6) is 6.09. The van der Waals surface area contributed by atoms with E-state index in [2.05, 4.69) is 36.0 Å². The van der Waals surface area contributed by atoms with Gasteiger partial charge in [-0.1, -0.05) is 25.7 Å². The van der Waals surface area contributed by atoms with Gasteiger partial charge in [0.15, 0.2) is 0 Å².